The summed E-state index contributed by atoms with van der Waals surface area (Å²) >= 11 is 0. The fourth-order valence-corrected chi connectivity index (χ4v) is 2.53. The summed E-state index contributed by atoms with van der Waals surface area (Å²) in [5.41, 5.74) is 3.18. The van der Waals surface area contributed by atoms with Crippen LogP contribution in [0, 0.1) is 6.92 Å². The van der Waals surface area contributed by atoms with Gasteiger partial charge in [0.15, 0.2) is 5.65 Å². The molecule has 3 rings (SSSR count). The number of pyridine rings is 1. The molecule has 0 aliphatic carbocycles. The zero-order chi connectivity index (χ0) is 16.4. The van der Waals surface area contributed by atoms with Gasteiger partial charge in [0, 0.05) is 24.1 Å². The summed E-state index contributed by atoms with van der Waals surface area (Å²) in [6, 6.07) is 1.79. The zero-order valence-electron chi connectivity index (χ0n) is 13.6. The summed E-state index contributed by atoms with van der Waals surface area (Å²) in [6.07, 6.45) is 4.38. The van der Waals surface area contributed by atoms with Crippen molar-refractivity contribution in [2.75, 3.05) is 0 Å². The average molecular weight is 312 g/mol. The van der Waals surface area contributed by atoms with Crippen molar-refractivity contribution in [3.8, 4) is 0 Å². The highest BCUT2D eigenvalue weighted by molar-refractivity contribution is 6.05. The molecule has 3 aromatic rings. The highest BCUT2D eigenvalue weighted by Gasteiger charge is 2.15. The number of hydrogen-bond acceptors (Lipinski definition) is 4. The molecule has 0 fully saturated rings. The Hall–Kier alpha value is -2.70. The smallest absolute Gasteiger partial charge is 0.252 e. The standard InChI is InChI=1S/C16H20N6O/c1-4-11-7-17-14(21-11)9-18-16(23)12-6-10(3)20-15-13(12)8-19-22(15)5-2/h6-8H,4-5,9H2,1-3H3,(H,17,21)(H,18,23). The highest BCUT2D eigenvalue weighted by Crippen LogP contribution is 2.18. The van der Waals surface area contributed by atoms with Gasteiger partial charge in [-0.05, 0) is 26.3 Å². The third-order valence-electron chi connectivity index (χ3n) is 3.76. The number of aryl methyl sites for hydroxylation is 3. The van der Waals surface area contributed by atoms with Crippen LogP contribution in [0.5, 0.6) is 0 Å². The Labute approximate surface area is 134 Å². The van der Waals surface area contributed by atoms with Crippen LogP contribution >= 0.6 is 0 Å². The van der Waals surface area contributed by atoms with Crippen LogP contribution in [0.15, 0.2) is 18.5 Å². The van der Waals surface area contributed by atoms with Crippen molar-refractivity contribution in [1.29, 1.82) is 0 Å². The number of aromatic nitrogens is 5. The van der Waals surface area contributed by atoms with Crippen molar-refractivity contribution in [2.24, 2.45) is 0 Å². The lowest BCUT2D eigenvalue weighted by Crippen LogP contribution is -2.24. The van der Waals surface area contributed by atoms with E-state index in [1.807, 2.05) is 13.8 Å². The van der Waals surface area contributed by atoms with Crippen LogP contribution in [0.25, 0.3) is 11.0 Å². The van der Waals surface area contributed by atoms with Crippen LogP contribution in [-0.4, -0.2) is 30.6 Å². The molecular formula is C16H20N6O. The van der Waals surface area contributed by atoms with E-state index in [-0.39, 0.29) is 5.91 Å². The molecule has 7 heteroatoms. The van der Waals surface area contributed by atoms with Crippen molar-refractivity contribution in [3.63, 3.8) is 0 Å². The average Bonchev–Trinajstić information content (AvgIpc) is 3.17. The van der Waals surface area contributed by atoms with Gasteiger partial charge < -0.3 is 10.3 Å². The quantitative estimate of drug-likeness (QED) is 0.754. The number of H-pyrrole nitrogens is 1. The van der Waals surface area contributed by atoms with Crippen LogP contribution in [0.4, 0.5) is 0 Å². The van der Waals surface area contributed by atoms with Gasteiger partial charge in [0.25, 0.3) is 5.91 Å². The van der Waals surface area contributed by atoms with Crippen LogP contribution in [-0.2, 0) is 19.5 Å². The van der Waals surface area contributed by atoms with Crippen LogP contribution in [0.2, 0.25) is 0 Å². The molecule has 3 aromatic heterocycles. The number of imidazole rings is 1. The largest absolute Gasteiger partial charge is 0.345 e. The summed E-state index contributed by atoms with van der Waals surface area (Å²) in [6.45, 7) is 7.01. The lowest BCUT2D eigenvalue weighted by molar-refractivity contribution is 0.0951. The molecule has 1 amide bonds. The summed E-state index contributed by atoms with van der Waals surface area (Å²) in [4.78, 5) is 24.5. The molecule has 0 unspecified atom stereocenters. The molecule has 0 saturated heterocycles. The second-order valence-electron chi connectivity index (χ2n) is 5.40. The van der Waals surface area contributed by atoms with Gasteiger partial charge in [-0.2, -0.15) is 5.10 Å². The SMILES string of the molecule is CCc1cnc(CNC(=O)c2cc(C)nc3c2cnn3CC)[nH]1. The molecule has 23 heavy (non-hydrogen) atoms. The maximum atomic E-state index is 12.5. The second kappa shape index (κ2) is 6.20. The molecule has 3 heterocycles. The van der Waals surface area contributed by atoms with Crippen molar-refractivity contribution < 1.29 is 4.79 Å². The van der Waals surface area contributed by atoms with E-state index in [0.29, 0.717) is 18.7 Å². The van der Waals surface area contributed by atoms with Gasteiger partial charge in [0.05, 0.1) is 23.7 Å². The van der Waals surface area contributed by atoms with Gasteiger partial charge in [-0.15, -0.1) is 0 Å². The van der Waals surface area contributed by atoms with Crippen molar-refractivity contribution in [1.82, 2.24) is 30.0 Å². The van der Waals surface area contributed by atoms with E-state index in [1.54, 1.807) is 23.1 Å². The normalized spacial score (nSPS) is 11.1. The Bertz CT molecular complexity index is 847. The van der Waals surface area contributed by atoms with E-state index in [4.69, 9.17) is 0 Å². The minimum absolute atomic E-state index is 0.148. The van der Waals surface area contributed by atoms with Gasteiger partial charge in [-0.3, -0.25) is 4.79 Å². The van der Waals surface area contributed by atoms with Crippen molar-refractivity contribution >= 4 is 16.9 Å². The van der Waals surface area contributed by atoms with Gasteiger partial charge in [0.1, 0.15) is 5.82 Å². The second-order valence-corrected chi connectivity index (χ2v) is 5.40. The molecule has 0 aliphatic heterocycles. The minimum atomic E-state index is -0.148. The van der Waals surface area contributed by atoms with E-state index < -0.39 is 0 Å². The summed E-state index contributed by atoms with van der Waals surface area (Å²) in [5.74, 6) is 0.604. The predicted molar refractivity (Wildman–Crippen MR) is 87.1 cm³/mol. The fourth-order valence-electron chi connectivity index (χ4n) is 2.53. The molecule has 2 N–H and O–H groups in total. The van der Waals surface area contributed by atoms with Gasteiger partial charge >= 0.3 is 0 Å². The fraction of sp³-hybridized carbons (Fsp3) is 0.375. The number of nitrogens with zero attached hydrogens (tertiary/aromatic N) is 4. The molecule has 120 valence electrons. The Morgan fingerprint density at radius 3 is 2.87 bits per heavy atom. The van der Waals surface area contributed by atoms with Crippen LogP contribution in [0.1, 0.15) is 41.4 Å². The molecule has 0 atom stereocenters. The maximum absolute atomic E-state index is 12.5. The predicted octanol–water partition coefficient (Wildman–Crippen LogP) is 1.98. The van der Waals surface area contributed by atoms with Crippen molar-refractivity contribution in [3.05, 3.63) is 41.2 Å². The van der Waals surface area contributed by atoms with Crippen LogP contribution in [0.3, 0.4) is 0 Å². The summed E-state index contributed by atoms with van der Waals surface area (Å²) < 4.78 is 1.79. The monoisotopic (exact) mass is 312 g/mol. The zero-order valence-corrected chi connectivity index (χ0v) is 13.6. The molecule has 0 saturated carbocycles. The number of nitrogens with one attached hydrogen (secondary N) is 2. The maximum Gasteiger partial charge on any atom is 0.252 e. The Balaban J connectivity index is 1.84. The third kappa shape index (κ3) is 2.94. The van der Waals surface area contributed by atoms with Gasteiger partial charge in [-0.1, -0.05) is 6.92 Å². The van der Waals surface area contributed by atoms with E-state index in [1.165, 1.54) is 0 Å². The number of rotatable bonds is 5. The molecule has 7 nitrogen and oxygen atoms in total. The first-order valence-electron chi connectivity index (χ1n) is 7.76. The van der Waals surface area contributed by atoms with Crippen LogP contribution < -0.4 is 5.32 Å². The number of carbonyl (C=O) groups excluding carboxylic acids is 1. The number of amides is 1. The van der Waals surface area contributed by atoms with E-state index >= 15 is 0 Å². The lowest BCUT2D eigenvalue weighted by atomic mass is 10.1. The third-order valence-corrected chi connectivity index (χ3v) is 3.76. The van der Waals surface area contributed by atoms with Gasteiger partial charge in [0.2, 0.25) is 0 Å². The van der Waals surface area contributed by atoms with E-state index in [0.717, 1.165) is 34.7 Å². The highest BCUT2D eigenvalue weighted by atomic mass is 16.1. The summed E-state index contributed by atoms with van der Waals surface area (Å²) in [7, 11) is 0. The first-order chi connectivity index (χ1) is 11.1. The molecule has 0 radical (unpaired) electrons. The molecule has 0 aliphatic rings. The Morgan fingerprint density at radius 1 is 1.35 bits per heavy atom. The molecule has 0 spiro atoms. The lowest BCUT2D eigenvalue weighted by Gasteiger charge is -2.06. The molecule has 0 aromatic carbocycles. The summed E-state index contributed by atoms with van der Waals surface area (Å²) in [5, 5.41) is 7.96. The van der Waals surface area contributed by atoms with Gasteiger partial charge in [-0.25, -0.2) is 14.6 Å². The van der Waals surface area contributed by atoms with Crippen molar-refractivity contribution in [2.45, 2.75) is 40.3 Å². The molecule has 0 bridgehead atoms. The number of carbonyl (C=O) groups is 1. The number of fused-ring (bicyclic) bond motifs is 1. The van der Waals surface area contributed by atoms with E-state index in [2.05, 4.69) is 32.3 Å². The Kier molecular flexibility index (Phi) is 4.10. The number of aromatic amines is 1. The first-order valence-corrected chi connectivity index (χ1v) is 7.76. The molecular weight excluding hydrogens is 292 g/mol. The van der Waals surface area contributed by atoms with E-state index in [9.17, 15) is 4.79 Å². The Morgan fingerprint density at radius 2 is 2.17 bits per heavy atom. The topological polar surface area (TPSA) is 88.5 Å². The minimum Gasteiger partial charge on any atom is -0.345 e. The number of hydrogen-bond donors (Lipinski definition) is 2. The first kappa shape index (κ1) is 15.2.